The number of hydrogen-bond acceptors (Lipinski definition) is 2. The van der Waals surface area contributed by atoms with Gasteiger partial charge < -0.3 is 10.0 Å². The van der Waals surface area contributed by atoms with Crippen LogP contribution >= 0.6 is 0 Å². The van der Waals surface area contributed by atoms with Gasteiger partial charge in [0.05, 0.1) is 6.42 Å². The number of nitrogens with zero attached hydrogens (tertiary/aromatic N) is 1. The molecule has 3 nitrogen and oxygen atoms in total. The molecule has 0 aromatic heterocycles. The zero-order valence-electron chi connectivity index (χ0n) is 10.3. The quantitative estimate of drug-likeness (QED) is 0.816. The van der Waals surface area contributed by atoms with E-state index in [2.05, 4.69) is 0 Å². The predicted molar refractivity (Wildman–Crippen MR) is 65.7 cm³/mol. The van der Waals surface area contributed by atoms with Gasteiger partial charge in [0.1, 0.15) is 0 Å². The van der Waals surface area contributed by atoms with Crippen LogP contribution in [0.15, 0.2) is 18.2 Å². The zero-order chi connectivity index (χ0) is 13.5. The normalized spacial score (nSPS) is 10.4. The van der Waals surface area contributed by atoms with Gasteiger partial charge >= 0.3 is 5.97 Å². The van der Waals surface area contributed by atoms with Crippen LogP contribution in [-0.4, -0.2) is 24.2 Å². The van der Waals surface area contributed by atoms with Crippen molar-refractivity contribution >= 4 is 11.7 Å². The van der Waals surface area contributed by atoms with Gasteiger partial charge in [0, 0.05) is 24.8 Å². The first kappa shape index (κ1) is 14.4. The number of rotatable bonds is 7. The molecular formula is C13H17F2NO2. The van der Waals surface area contributed by atoms with Gasteiger partial charge in [-0.2, -0.15) is 0 Å². The molecule has 1 rings (SSSR count). The molecule has 0 atom stereocenters. The van der Waals surface area contributed by atoms with E-state index in [1.807, 2.05) is 6.92 Å². The molecule has 5 heteroatoms. The highest BCUT2D eigenvalue weighted by molar-refractivity contribution is 5.67. The summed E-state index contributed by atoms with van der Waals surface area (Å²) in [6.45, 7) is 2.94. The molecule has 0 aliphatic rings. The van der Waals surface area contributed by atoms with Crippen molar-refractivity contribution < 1.29 is 18.7 Å². The summed E-state index contributed by atoms with van der Waals surface area (Å²) in [5.41, 5.74) is 0.517. The van der Waals surface area contributed by atoms with Crippen LogP contribution in [0.4, 0.5) is 14.5 Å². The maximum atomic E-state index is 13.1. The third-order valence-electron chi connectivity index (χ3n) is 2.65. The summed E-state index contributed by atoms with van der Waals surface area (Å²) in [5.74, 6) is -2.71. The Balaban J connectivity index is 2.79. The Kier molecular flexibility index (Phi) is 5.55. The van der Waals surface area contributed by atoms with Crippen molar-refractivity contribution in [3.8, 4) is 0 Å². The van der Waals surface area contributed by atoms with E-state index in [1.54, 1.807) is 4.90 Å². The first-order chi connectivity index (χ1) is 8.54. The number of hydrogen-bond donors (Lipinski definition) is 1. The van der Waals surface area contributed by atoms with E-state index in [1.165, 1.54) is 6.07 Å². The largest absolute Gasteiger partial charge is 0.481 e. The van der Waals surface area contributed by atoms with E-state index >= 15 is 0 Å². The van der Waals surface area contributed by atoms with Gasteiger partial charge in [0.25, 0.3) is 0 Å². The van der Waals surface area contributed by atoms with Crippen LogP contribution in [0.5, 0.6) is 0 Å². The van der Waals surface area contributed by atoms with Crippen molar-refractivity contribution in [2.45, 2.75) is 26.2 Å². The lowest BCUT2D eigenvalue weighted by Gasteiger charge is -2.24. The number of carboxylic acids is 1. The monoisotopic (exact) mass is 257 g/mol. The van der Waals surface area contributed by atoms with Gasteiger partial charge in [-0.3, -0.25) is 4.79 Å². The molecule has 0 saturated carbocycles. The van der Waals surface area contributed by atoms with E-state index in [-0.39, 0.29) is 6.42 Å². The van der Waals surface area contributed by atoms with Gasteiger partial charge in [-0.05, 0) is 18.6 Å². The maximum absolute atomic E-state index is 13.1. The lowest BCUT2D eigenvalue weighted by atomic mass is 10.2. The smallest absolute Gasteiger partial charge is 0.305 e. The Morgan fingerprint density at radius 1 is 1.28 bits per heavy atom. The van der Waals surface area contributed by atoms with Crippen molar-refractivity contribution in [2.24, 2.45) is 0 Å². The Bertz CT molecular complexity index is 410. The van der Waals surface area contributed by atoms with Crippen LogP contribution in [0.2, 0.25) is 0 Å². The molecule has 0 amide bonds. The van der Waals surface area contributed by atoms with E-state index in [9.17, 15) is 13.6 Å². The number of carboxylic acid groups (broad SMARTS) is 1. The standard InChI is InChI=1S/C13H17F2NO2/c1-2-3-7-16(8-6-13(17)18)10-4-5-11(14)12(15)9-10/h4-5,9H,2-3,6-8H2,1H3,(H,17,18). The first-order valence-electron chi connectivity index (χ1n) is 5.96. The molecule has 100 valence electrons. The van der Waals surface area contributed by atoms with Gasteiger partial charge in [-0.25, -0.2) is 8.78 Å². The third-order valence-corrected chi connectivity index (χ3v) is 2.65. The summed E-state index contributed by atoms with van der Waals surface area (Å²) in [6, 6.07) is 3.63. The average Bonchev–Trinajstić information content (AvgIpc) is 2.33. The number of unbranched alkanes of at least 4 members (excludes halogenated alkanes) is 1. The number of halogens is 2. The molecule has 0 radical (unpaired) electrons. The fourth-order valence-corrected chi connectivity index (χ4v) is 1.63. The molecule has 1 N–H and O–H groups in total. The molecule has 0 fully saturated rings. The summed E-state index contributed by atoms with van der Waals surface area (Å²) in [7, 11) is 0. The van der Waals surface area contributed by atoms with Crippen molar-refractivity contribution in [3.05, 3.63) is 29.8 Å². The van der Waals surface area contributed by atoms with Crippen molar-refractivity contribution in [2.75, 3.05) is 18.0 Å². The zero-order valence-corrected chi connectivity index (χ0v) is 10.3. The minimum absolute atomic E-state index is 0.0251. The van der Waals surface area contributed by atoms with Gasteiger partial charge in [-0.1, -0.05) is 13.3 Å². The molecule has 0 unspecified atom stereocenters. The van der Waals surface area contributed by atoms with Crippen LogP contribution in [0.3, 0.4) is 0 Å². The van der Waals surface area contributed by atoms with E-state index < -0.39 is 17.6 Å². The molecule has 0 spiro atoms. The number of carbonyl (C=O) groups is 1. The van der Waals surface area contributed by atoms with Crippen LogP contribution in [0, 0.1) is 11.6 Å². The van der Waals surface area contributed by atoms with Crippen LogP contribution in [0.25, 0.3) is 0 Å². The highest BCUT2D eigenvalue weighted by atomic mass is 19.2. The lowest BCUT2D eigenvalue weighted by molar-refractivity contribution is -0.136. The predicted octanol–water partition coefficient (Wildman–Crippen LogP) is 3.05. The van der Waals surface area contributed by atoms with Crippen molar-refractivity contribution in [1.82, 2.24) is 0 Å². The maximum Gasteiger partial charge on any atom is 0.305 e. The Morgan fingerprint density at radius 2 is 2.00 bits per heavy atom. The van der Waals surface area contributed by atoms with Gasteiger partial charge in [-0.15, -0.1) is 0 Å². The highest BCUT2D eigenvalue weighted by Crippen LogP contribution is 2.18. The first-order valence-corrected chi connectivity index (χ1v) is 5.96. The van der Waals surface area contributed by atoms with Crippen LogP contribution < -0.4 is 4.90 Å². The fraction of sp³-hybridized carbons (Fsp3) is 0.462. The van der Waals surface area contributed by atoms with Crippen LogP contribution in [0.1, 0.15) is 26.2 Å². The topological polar surface area (TPSA) is 40.5 Å². The summed E-state index contributed by atoms with van der Waals surface area (Å²) >= 11 is 0. The number of aliphatic carboxylic acids is 1. The summed E-state index contributed by atoms with van der Waals surface area (Å²) < 4.78 is 26.0. The Morgan fingerprint density at radius 3 is 2.56 bits per heavy atom. The van der Waals surface area contributed by atoms with E-state index in [0.29, 0.717) is 18.8 Å². The molecule has 1 aromatic rings. The Hall–Kier alpha value is -1.65. The van der Waals surface area contributed by atoms with Crippen LogP contribution in [-0.2, 0) is 4.79 Å². The molecule has 0 aliphatic heterocycles. The highest BCUT2D eigenvalue weighted by Gasteiger charge is 2.11. The Labute approximate surface area is 105 Å². The minimum atomic E-state index is -0.913. The van der Waals surface area contributed by atoms with E-state index in [4.69, 9.17) is 5.11 Å². The molecule has 0 heterocycles. The summed E-state index contributed by atoms with van der Waals surface area (Å²) in [5, 5.41) is 8.67. The van der Waals surface area contributed by atoms with E-state index in [0.717, 1.165) is 25.0 Å². The molecule has 0 saturated heterocycles. The fourth-order valence-electron chi connectivity index (χ4n) is 1.63. The molecule has 0 aliphatic carbocycles. The molecule has 18 heavy (non-hydrogen) atoms. The molecule has 0 bridgehead atoms. The SMILES string of the molecule is CCCCN(CCC(=O)O)c1ccc(F)c(F)c1. The number of anilines is 1. The number of benzene rings is 1. The summed E-state index contributed by atoms with van der Waals surface area (Å²) in [6.07, 6.45) is 1.80. The molecule has 1 aromatic carbocycles. The molecular weight excluding hydrogens is 240 g/mol. The second kappa shape index (κ2) is 6.93. The second-order valence-corrected chi connectivity index (χ2v) is 4.08. The van der Waals surface area contributed by atoms with Crippen molar-refractivity contribution in [1.29, 1.82) is 0 Å². The van der Waals surface area contributed by atoms with Gasteiger partial charge in [0.2, 0.25) is 0 Å². The van der Waals surface area contributed by atoms with Gasteiger partial charge in [0.15, 0.2) is 11.6 Å². The third kappa shape index (κ3) is 4.31. The average molecular weight is 257 g/mol. The lowest BCUT2D eigenvalue weighted by Crippen LogP contribution is -2.27. The summed E-state index contributed by atoms with van der Waals surface area (Å²) in [4.78, 5) is 12.3. The minimum Gasteiger partial charge on any atom is -0.481 e. The second-order valence-electron chi connectivity index (χ2n) is 4.08. The van der Waals surface area contributed by atoms with Crippen molar-refractivity contribution in [3.63, 3.8) is 0 Å².